The van der Waals surface area contributed by atoms with E-state index in [1.54, 1.807) is 14.1 Å². The molecule has 22 heavy (non-hydrogen) atoms. The molecule has 3 heteroatoms. The summed E-state index contributed by atoms with van der Waals surface area (Å²) in [6.07, 6.45) is 0.398. The van der Waals surface area contributed by atoms with E-state index in [0.29, 0.717) is 5.76 Å². The topological polar surface area (TPSA) is 29.5 Å². The van der Waals surface area contributed by atoms with E-state index < -0.39 is 0 Å². The van der Waals surface area contributed by atoms with Crippen LogP contribution in [0.5, 0.6) is 0 Å². The summed E-state index contributed by atoms with van der Waals surface area (Å²) in [4.78, 5) is 13.5. The van der Waals surface area contributed by atoms with E-state index in [1.807, 2.05) is 60.7 Å². The minimum absolute atomic E-state index is 0.374. The van der Waals surface area contributed by atoms with Crippen molar-refractivity contribution in [3.05, 3.63) is 71.8 Å². The van der Waals surface area contributed by atoms with Gasteiger partial charge < -0.3 is 9.64 Å². The van der Waals surface area contributed by atoms with E-state index in [-0.39, 0.29) is 6.09 Å². The summed E-state index contributed by atoms with van der Waals surface area (Å²) in [5, 5.41) is 0. The molecule has 0 aliphatic carbocycles. The zero-order valence-electron chi connectivity index (χ0n) is 13.2. The van der Waals surface area contributed by atoms with Crippen LogP contribution in [0.2, 0.25) is 0 Å². The first kappa shape index (κ1) is 15.8. The number of amides is 1. The molecule has 0 N–H and O–H groups in total. The highest BCUT2D eigenvalue weighted by molar-refractivity contribution is 5.91. The number of nitrogens with zero attached hydrogens (tertiary/aromatic N) is 1. The molecule has 2 aromatic rings. The van der Waals surface area contributed by atoms with Crippen molar-refractivity contribution in [2.45, 2.75) is 13.3 Å². The van der Waals surface area contributed by atoms with Crippen molar-refractivity contribution >= 4 is 17.4 Å². The normalized spacial score (nSPS) is 11.6. The van der Waals surface area contributed by atoms with E-state index in [9.17, 15) is 4.79 Å². The quantitative estimate of drug-likeness (QED) is 0.606. The molecule has 0 saturated heterocycles. The van der Waals surface area contributed by atoms with Crippen LogP contribution < -0.4 is 0 Å². The van der Waals surface area contributed by atoms with Crippen LogP contribution in [0, 0.1) is 0 Å². The lowest BCUT2D eigenvalue weighted by Crippen LogP contribution is -2.22. The third-order valence-electron chi connectivity index (χ3n) is 3.34. The molecule has 0 bridgehead atoms. The lowest BCUT2D eigenvalue weighted by Gasteiger charge is -2.17. The maximum atomic E-state index is 12.0. The van der Waals surface area contributed by atoms with Gasteiger partial charge in [0.1, 0.15) is 5.76 Å². The van der Waals surface area contributed by atoms with E-state index in [1.165, 1.54) is 4.90 Å². The van der Waals surface area contributed by atoms with Crippen LogP contribution in [0.15, 0.2) is 60.7 Å². The second-order valence-corrected chi connectivity index (χ2v) is 5.16. The highest BCUT2D eigenvalue weighted by Crippen LogP contribution is 2.30. The highest BCUT2D eigenvalue weighted by atomic mass is 16.6. The summed E-state index contributed by atoms with van der Waals surface area (Å²) in [6, 6.07) is 19.8. The lowest BCUT2D eigenvalue weighted by molar-refractivity contribution is 0.163. The number of rotatable bonds is 4. The smallest absolute Gasteiger partial charge is 0.409 e. The monoisotopic (exact) mass is 295 g/mol. The van der Waals surface area contributed by atoms with Gasteiger partial charge in [-0.2, -0.15) is 0 Å². The number of carbonyl (C=O) groups excluding carboxylic acids is 1. The van der Waals surface area contributed by atoms with Crippen LogP contribution >= 0.6 is 0 Å². The van der Waals surface area contributed by atoms with Crippen molar-refractivity contribution in [3.63, 3.8) is 0 Å². The zero-order valence-corrected chi connectivity index (χ0v) is 13.2. The average molecular weight is 295 g/mol. The molecule has 0 aliphatic rings. The zero-order chi connectivity index (χ0) is 15.9. The average Bonchev–Trinajstić information content (AvgIpc) is 2.56. The van der Waals surface area contributed by atoms with Crippen LogP contribution in [-0.2, 0) is 4.74 Å². The Labute approximate surface area is 131 Å². The Bertz CT molecular complexity index is 646. The molecule has 0 unspecified atom stereocenters. The van der Waals surface area contributed by atoms with Crippen LogP contribution in [0.25, 0.3) is 11.3 Å². The first-order valence-electron chi connectivity index (χ1n) is 7.36. The number of hydrogen-bond acceptors (Lipinski definition) is 2. The van der Waals surface area contributed by atoms with Crippen molar-refractivity contribution in [2.24, 2.45) is 0 Å². The van der Waals surface area contributed by atoms with Gasteiger partial charge in [-0.1, -0.05) is 67.6 Å². The predicted molar refractivity (Wildman–Crippen MR) is 90.2 cm³/mol. The molecule has 0 aromatic heterocycles. The SMILES string of the molecule is CC/C(=C(/OC(=O)N(C)C)c1ccccc1)c1ccccc1. The number of hydrogen-bond donors (Lipinski definition) is 0. The maximum absolute atomic E-state index is 12.0. The Hall–Kier alpha value is -2.55. The molecule has 2 aromatic carbocycles. The lowest BCUT2D eigenvalue weighted by atomic mass is 9.99. The molecule has 3 nitrogen and oxygen atoms in total. The van der Waals surface area contributed by atoms with Crippen LogP contribution in [-0.4, -0.2) is 25.1 Å². The van der Waals surface area contributed by atoms with Gasteiger partial charge in [0.25, 0.3) is 0 Å². The molecule has 114 valence electrons. The summed E-state index contributed by atoms with van der Waals surface area (Å²) in [5.41, 5.74) is 2.98. The molecule has 0 saturated carbocycles. The van der Waals surface area contributed by atoms with E-state index >= 15 is 0 Å². The maximum Gasteiger partial charge on any atom is 0.414 e. The highest BCUT2D eigenvalue weighted by Gasteiger charge is 2.16. The molecule has 0 radical (unpaired) electrons. The summed E-state index contributed by atoms with van der Waals surface area (Å²) in [5.74, 6) is 0.619. The molecule has 0 spiro atoms. The molecule has 0 aliphatic heterocycles. The predicted octanol–water partition coefficient (Wildman–Crippen LogP) is 4.66. The second kappa shape index (κ2) is 7.46. The van der Waals surface area contributed by atoms with Gasteiger partial charge in [-0.25, -0.2) is 4.79 Å². The van der Waals surface area contributed by atoms with Gasteiger partial charge in [0, 0.05) is 25.2 Å². The van der Waals surface area contributed by atoms with Gasteiger partial charge >= 0.3 is 6.09 Å². The van der Waals surface area contributed by atoms with E-state index in [2.05, 4.69) is 6.92 Å². The Morgan fingerprint density at radius 3 is 1.86 bits per heavy atom. The Morgan fingerprint density at radius 1 is 0.909 bits per heavy atom. The van der Waals surface area contributed by atoms with Crippen molar-refractivity contribution in [3.8, 4) is 0 Å². The summed E-state index contributed by atoms with van der Waals surface area (Å²) in [6.45, 7) is 2.06. The molecular formula is C19H21NO2. The molecule has 1 amide bonds. The second-order valence-electron chi connectivity index (χ2n) is 5.16. The van der Waals surface area contributed by atoms with Crippen LogP contribution in [0.4, 0.5) is 4.79 Å². The van der Waals surface area contributed by atoms with Crippen molar-refractivity contribution < 1.29 is 9.53 Å². The molecule has 2 rings (SSSR count). The van der Waals surface area contributed by atoms with Gasteiger partial charge in [0.2, 0.25) is 0 Å². The Balaban J connectivity index is 2.55. The number of carbonyl (C=O) groups is 1. The summed E-state index contributed by atoms with van der Waals surface area (Å²) >= 11 is 0. The third kappa shape index (κ3) is 3.76. The fourth-order valence-electron chi connectivity index (χ4n) is 2.20. The van der Waals surface area contributed by atoms with Gasteiger partial charge in [0.15, 0.2) is 0 Å². The van der Waals surface area contributed by atoms with Gasteiger partial charge in [-0.15, -0.1) is 0 Å². The number of benzene rings is 2. The van der Waals surface area contributed by atoms with Crippen molar-refractivity contribution in [2.75, 3.05) is 14.1 Å². The van der Waals surface area contributed by atoms with Crippen molar-refractivity contribution in [1.82, 2.24) is 4.90 Å². The summed E-state index contributed by atoms with van der Waals surface area (Å²) in [7, 11) is 3.36. The fraction of sp³-hybridized carbons (Fsp3) is 0.211. The van der Waals surface area contributed by atoms with Gasteiger partial charge in [-0.05, 0) is 12.0 Å². The standard InChI is InChI=1S/C19H21NO2/c1-4-17(15-11-7-5-8-12-15)18(22-19(21)20(2)3)16-13-9-6-10-14-16/h5-14H,4H2,1-3H3/b18-17-. The summed E-state index contributed by atoms with van der Waals surface area (Å²) < 4.78 is 5.67. The molecule has 0 heterocycles. The van der Waals surface area contributed by atoms with E-state index in [4.69, 9.17) is 4.74 Å². The third-order valence-corrected chi connectivity index (χ3v) is 3.34. The van der Waals surface area contributed by atoms with Crippen LogP contribution in [0.3, 0.4) is 0 Å². The number of allylic oxidation sites excluding steroid dienone is 1. The minimum Gasteiger partial charge on any atom is -0.409 e. The van der Waals surface area contributed by atoms with E-state index in [0.717, 1.165) is 23.1 Å². The molecule has 0 fully saturated rings. The number of ether oxygens (including phenoxy) is 1. The minimum atomic E-state index is -0.374. The van der Waals surface area contributed by atoms with Crippen LogP contribution in [0.1, 0.15) is 24.5 Å². The Morgan fingerprint density at radius 2 is 1.41 bits per heavy atom. The fourth-order valence-corrected chi connectivity index (χ4v) is 2.20. The molecular weight excluding hydrogens is 274 g/mol. The largest absolute Gasteiger partial charge is 0.414 e. The van der Waals surface area contributed by atoms with Crippen molar-refractivity contribution in [1.29, 1.82) is 0 Å². The van der Waals surface area contributed by atoms with Gasteiger partial charge in [-0.3, -0.25) is 0 Å². The first-order chi connectivity index (χ1) is 10.6. The van der Waals surface area contributed by atoms with Gasteiger partial charge in [0.05, 0.1) is 0 Å². The first-order valence-corrected chi connectivity index (χ1v) is 7.36. The molecule has 0 atom stereocenters. The Kier molecular flexibility index (Phi) is 5.37.